The van der Waals surface area contributed by atoms with Crippen molar-refractivity contribution in [2.45, 2.75) is 25.5 Å². The fraction of sp³-hybridized carbons (Fsp3) is 0.294. The average molecular weight is 407 g/mol. The van der Waals surface area contributed by atoms with Crippen molar-refractivity contribution >= 4 is 43.6 Å². The largest absolute Gasteiger partial charge is 0.477 e. The molecule has 124 valence electrons. The topological polar surface area (TPSA) is 64.3 Å². The molecular weight excluding hydrogens is 392 g/mol. The standard InChI is InChI=1S/C17H15BrN2O3S/c18-11-3-1-10(2-4-11)7-15-19-16-13(8-14(24-16)17(21)22)20(15)9-12-5-6-23-12/h1-4,8,12H,5-7,9H2,(H,21,22). The normalized spacial score (nSPS) is 17.1. The molecule has 1 N–H and O–H groups in total. The smallest absolute Gasteiger partial charge is 0.346 e. The number of nitrogens with zero attached hydrogens (tertiary/aromatic N) is 2. The maximum absolute atomic E-state index is 11.2. The number of aromatic nitrogens is 2. The zero-order valence-corrected chi connectivity index (χ0v) is 15.1. The third-order valence-corrected chi connectivity index (χ3v) is 5.73. The van der Waals surface area contributed by atoms with Crippen LogP contribution in [0.5, 0.6) is 0 Å². The van der Waals surface area contributed by atoms with Crippen LogP contribution in [-0.4, -0.2) is 33.3 Å². The first-order valence-corrected chi connectivity index (χ1v) is 9.29. The average Bonchev–Trinajstić information content (AvgIpc) is 3.04. The second-order valence-corrected chi connectivity index (χ2v) is 7.78. The molecule has 1 fully saturated rings. The fourth-order valence-corrected chi connectivity index (χ4v) is 3.98. The molecule has 0 amide bonds. The zero-order chi connectivity index (χ0) is 16.7. The van der Waals surface area contributed by atoms with E-state index >= 15 is 0 Å². The van der Waals surface area contributed by atoms with Crippen LogP contribution in [0.25, 0.3) is 10.3 Å². The van der Waals surface area contributed by atoms with Gasteiger partial charge in [-0.25, -0.2) is 9.78 Å². The molecule has 3 aromatic rings. The number of thiophene rings is 1. The molecule has 5 nitrogen and oxygen atoms in total. The van der Waals surface area contributed by atoms with Gasteiger partial charge in [-0.1, -0.05) is 28.1 Å². The number of carboxylic acid groups (broad SMARTS) is 1. The van der Waals surface area contributed by atoms with Crippen LogP contribution in [0.4, 0.5) is 0 Å². The molecule has 0 aliphatic carbocycles. The number of ether oxygens (including phenoxy) is 1. The first-order valence-electron chi connectivity index (χ1n) is 7.68. The number of benzene rings is 1. The summed E-state index contributed by atoms with van der Waals surface area (Å²) < 4.78 is 8.72. The van der Waals surface area contributed by atoms with E-state index in [1.54, 1.807) is 6.07 Å². The summed E-state index contributed by atoms with van der Waals surface area (Å²) in [7, 11) is 0. The molecule has 1 atom stereocenters. The van der Waals surface area contributed by atoms with E-state index < -0.39 is 5.97 Å². The quantitative estimate of drug-likeness (QED) is 0.696. The van der Waals surface area contributed by atoms with Crippen LogP contribution in [0, 0.1) is 0 Å². The summed E-state index contributed by atoms with van der Waals surface area (Å²) in [5.74, 6) is 0.0462. The predicted octanol–water partition coefficient (Wildman–Crippen LogP) is 3.94. The van der Waals surface area contributed by atoms with E-state index in [1.807, 2.05) is 12.1 Å². The molecule has 1 aliphatic rings. The third kappa shape index (κ3) is 2.99. The number of carbonyl (C=O) groups is 1. The molecule has 4 rings (SSSR count). The summed E-state index contributed by atoms with van der Waals surface area (Å²) in [5, 5.41) is 9.21. The van der Waals surface area contributed by atoms with E-state index in [4.69, 9.17) is 9.72 Å². The van der Waals surface area contributed by atoms with Crippen LogP contribution >= 0.6 is 27.3 Å². The fourth-order valence-electron chi connectivity index (χ4n) is 2.82. The molecule has 2 aromatic heterocycles. The SMILES string of the molecule is O=C(O)c1cc2c(nc(Cc3ccc(Br)cc3)n2CC2CCO2)s1. The minimum absolute atomic E-state index is 0.194. The molecule has 1 saturated heterocycles. The Morgan fingerprint density at radius 2 is 2.17 bits per heavy atom. The maximum atomic E-state index is 11.2. The van der Waals surface area contributed by atoms with Gasteiger partial charge in [-0.05, 0) is 30.2 Å². The van der Waals surface area contributed by atoms with Crippen molar-refractivity contribution in [1.82, 2.24) is 9.55 Å². The van der Waals surface area contributed by atoms with Gasteiger partial charge in [-0.2, -0.15) is 0 Å². The lowest BCUT2D eigenvalue weighted by Crippen LogP contribution is -2.31. The minimum Gasteiger partial charge on any atom is -0.477 e. The Labute approximate surface area is 151 Å². The molecule has 1 unspecified atom stereocenters. The van der Waals surface area contributed by atoms with Crippen LogP contribution in [0.3, 0.4) is 0 Å². The molecule has 0 radical (unpaired) electrons. The molecule has 7 heteroatoms. The highest BCUT2D eigenvalue weighted by molar-refractivity contribution is 9.10. The molecule has 0 spiro atoms. The number of hydrogen-bond acceptors (Lipinski definition) is 4. The summed E-state index contributed by atoms with van der Waals surface area (Å²) in [6.45, 7) is 1.52. The maximum Gasteiger partial charge on any atom is 0.346 e. The van der Waals surface area contributed by atoms with Gasteiger partial charge in [-0.3, -0.25) is 0 Å². The Hall–Kier alpha value is -1.70. The van der Waals surface area contributed by atoms with E-state index in [-0.39, 0.29) is 6.10 Å². The molecule has 1 aromatic carbocycles. The summed E-state index contributed by atoms with van der Waals surface area (Å²) >= 11 is 4.67. The van der Waals surface area contributed by atoms with Gasteiger partial charge in [0.1, 0.15) is 15.5 Å². The number of aromatic carboxylic acids is 1. The van der Waals surface area contributed by atoms with Crippen LogP contribution in [0.15, 0.2) is 34.8 Å². The van der Waals surface area contributed by atoms with Gasteiger partial charge < -0.3 is 14.4 Å². The van der Waals surface area contributed by atoms with E-state index in [9.17, 15) is 9.90 Å². The Bertz CT molecular complexity index is 897. The first kappa shape index (κ1) is 15.8. The van der Waals surface area contributed by atoms with Gasteiger partial charge in [-0.15, -0.1) is 11.3 Å². The van der Waals surface area contributed by atoms with E-state index in [0.717, 1.165) is 40.2 Å². The highest BCUT2D eigenvalue weighted by Crippen LogP contribution is 2.29. The Morgan fingerprint density at radius 3 is 2.79 bits per heavy atom. The summed E-state index contributed by atoms with van der Waals surface area (Å²) in [6.07, 6.45) is 1.94. The lowest BCUT2D eigenvalue weighted by atomic mass is 10.1. The van der Waals surface area contributed by atoms with Crippen molar-refractivity contribution in [3.8, 4) is 0 Å². The zero-order valence-electron chi connectivity index (χ0n) is 12.7. The van der Waals surface area contributed by atoms with Crippen LogP contribution in [0.2, 0.25) is 0 Å². The van der Waals surface area contributed by atoms with Gasteiger partial charge >= 0.3 is 5.97 Å². The van der Waals surface area contributed by atoms with Crippen molar-refractivity contribution < 1.29 is 14.6 Å². The second kappa shape index (κ2) is 6.31. The lowest BCUT2D eigenvalue weighted by Gasteiger charge is -2.27. The molecule has 0 bridgehead atoms. The number of carboxylic acids is 1. The lowest BCUT2D eigenvalue weighted by molar-refractivity contribution is -0.0589. The van der Waals surface area contributed by atoms with Gasteiger partial charge in [0, 0.05) is 17.5 Å². The van der Waals surface area contributed by atoms with Gasteiger partial charge in [0.15, 0.2) is 0 Å². The molecule has 0 saturated carbocycles. The predicted molar refractivity (Wildman–Crippen MR) is 95.9 cm³/mol. The van der Waals surface area contributed by atoms with Crippen molar-refractivity contribution in [3.05, 3.63) is 51.1 Å². The van der Waals surface area contributed by atoms with Crippen molar-refractivity contribution in [2.75, 3.05) is 6.61 Å². The van der Waals surface area contributed by atoms with E-state index in [1.165, 1.54) is 16.9 Å². The second-order valence-electron chi connectivity index (χ2n) is 5.83. The molecule has 24 heavy (non-hydrogen) atoms. The van der Waals surface area contributed by atoms with E-state index in [2.05, 4.69) is 32.6 Å². The monoisotopic (exact) mass is 406 g/mol. The van der Waals surface area contributed by atoms with Crippen LogP contribution in [0.1, 0.15) is 27.5 Å². The minimum atomic E-state index is -0.904. The number of rotatable bonds is 5. The van der Waals surface area contributed by atoms with Crippen molar-refractivity contribution in [3.63, 3.8) is 0 Å². The Kier molecular flexibility index (Phi) is 4.15. The van der Waals surface area contributed by atoms with Crippen molar-refractivity contribution in [1.29, 1.82) is 0 Å². The van der Waals surface area contributed by atoms with Crippen LogP contribution < -0.4 is 0 Å². The summed E-state index contributed by atoms with van der Waals surface area (Å²) in [6, 6.07) is 9.89. The van der Waals surface area contributed by atoms with Crippen molar-refractivity contribution in [2.24, 2.45) is 0 Å². The summed E-state index contributed by atoms with van der Waals surface area (Å²) in [4.78, 5) is 17.0. The summed E-state index contributed by atoms with van der Waals surface area (Å²) in [5.41, 5.74) is 2.06. The van der Waals surface area contributed by atoms with Gasteiger partial charge in [0.25, 0.3) is 0 Å². The van der Waals surface area contributed by atoms with E-state index in [0.29, 0.717) is 11.3 Å². The number of hydrogen-bond donors (Lipinski definition) is 1. The number of imidazole rings is 1. The van der Waals surface area contributed by atoms with Gasteiger partial charge in [0.2, 0.25) is 0 Å². The number of halogens is 1. The van der Waals surface area contributed by atoms with Gasteiger partial charge in [0.05, 0.1) is 18.2 Å². The van der Waals surface area contributed by atoms with Crippen LogP contribution in [-0.2, 0) is 17.7 Å². The Balaban J connectivity index is 1.72. The Morgan fingerprint density at radius 1 is 1.42 bits per heavy atom. The highest BCUT2D eigenvalue weighted by atomic mass is 79.9. The molecule has 1 aliphatic heterocycles. The number of fused-ring (bicyclic) bond motifs is 1. The third-order valence-electron chi connectivity index (χ3n) is 4.19. The first-order chi connectivity index (χ1) is 11.6. The highest BCUT2D eigenvalue weighted by Gasteiger charge is 2.23. The molecule has 3 heterocycles. The molecular formula is C17H15BrN2O3S.